The first-order valence-electron chi connectivity index (χ1n) is 4.75. The van der Waals surface area contributed by atoms with E-state index in [4.69, 9.17) is 5.73 Å². The van der Waals surface area contributed by atoms with E-state index >= 15 is 0 Å². The fourth-order valence-electron chi connectivity index (χ4n) is 0.956. The molecule has 0 saturated carbocycles. The van der Waals surface area contributed by atoms with Crippen LogP contribution in [-0.4, -0.2) is 22.6 Å². The van der Waals surface area contributed by atoms with Crippen LogP contribution in [-0.2, 0) is 0 Å². The van der Waals surface area contributed by atoms with Gasteiger partial charge in [-0.25, -0.2) is 4.98 Å². The zero-order valence-electron chi connectivity index (χ0n) is 8.75. The summed E-state index contributed by atoms with van der Waals surface area (Å²) in [7, 11) is 0. The van der Waals surface area contributed by atoms with Crippen LogP contribution in [0.5, 0.6) is 0 Å². The van der Waals surface area contributed by atoms with E-state index in [2.05, 4.69) is 31.2 Å². The molecule has 6 heteroatoms. The van der Waals surface area contributed by atoms with Gasteiger partial charge in [0, 0.05) is 12.6 Å². The lowest BCUT2D eigenvalue weighted by molar-refractivity contribution is 0.511. The Morgan fingerprint density at radius 2 is 2.33 bits per heavy atom. The minimum atomic E-state index is -0.203. The van der Waals surface area contributed by atoms with Gasteiger partial charge in [-0.05, 0) is 21.8 Å². The summed E-state index contributed by atoms with van der Waals surface area (Å²) in [6, 6.07) is 0.0398. The van der Waals surface area contributed by atoms with Gasteiger partial charge in [-0.15, -0.1) is 0 Å². The maximum absolute atomic E-state index is 11.2. The largest absolute Gasteiger partial charge is 0.367 e. The predicted molar refractivity (Wildman–Crippen MR) is 63.9 cm³/mol. The second kappa shape index (κ2) is 5.27. The molecule has 0 saturated heterocycles. The first kappa shape index (κ1) is 12.2. The molecule has 0 bridgehead atoms. The number of nitrogens with zero attached hydrogens (tertiary/aromatic N) is 1. The van der Waals surface area contributed by atoms with Crippen molar-refractivity contribution in [2.75, 3.05) is 11.9 Å². The van der Waals surface area contributed by atoms with Crippen molar-refractivity contribution >= 4 is 21.7 Å². The molecule has 0 aliphatic carbocycles. The normalized spacial score (nSPS) is 12.9. The molecule has 1 atom stereocenters. The molecule has 15 heavy (non-hydrogen) atoms. The maximum atomic E-state index is 11.2. The number of nitrogens with one attached hydrogen (secondary N) is 2. The summed E-state index contributed by atoms with van der Waals surface area (Å²) < 4.78 is 0.404. The predicted octanol–water partition coefficient (Wildman–Crippen LogP) is 0.928. The summed E-state index contributed by atoms with van der Waals surface area (Å²) in [5, 5.41) is 3.03. The zero-order chi connectivity index (χ0) is 11.4. The highest BCUT2D eigenvalue weighted by Gasteiger charge is 2.09. The van der Waals surface area contributed by atoms with Gasteiger partial charge in [-0.1, -0.05) is 13.8 Å². The summed E-state index contributed by atoms with van der Waals surface area (Å²) in [4.78, 5) is 17.7. The minimum absolute atomic E-state index is 0.0398. The molecule has 1 aromatic heterocycles. The monoisotopic (exact) mass is 274 g/mol. The number of aromatic amines is 1. The molecular formula is C9H15BrN4O. The maximum Gasteiger partial charge on any atom is 0.267 e. The van der Waals surface area contributed by atoms with Gasteiger partial charge >= 0.3 is 0 Å². The molecule has 0 radical (unpaired) electrons. The Bertz CT molecular complexity index is 377. The van der Waals surface area contributed by atoms with Crippen molar-refractivity contribution in [3.63, 3.8) is 0 Å². The summed E-state index contributed by atoms with van der Waals surface area (Å²) in [5.41, 5.74) is 5.66. The summed E-state index contributed by atoms with van der Waals surface area (Å²) in [6.45, 7) is 4.69. The van der Waals surface area contributed by atoms with Crippen molar-refractivity contribution in [1.29, 1.82) is 0 Å². The second-order valence-electron chi connectivity index (χ2n) is 3.68. The number of nitrogens with two attached hydrogens (primary N) is 1. The molecule has 0 amide bonds. The molecule has 4 N–H and O–H groups in total. The number of hydrogen-bond acceptors (Lipinski definition) is 4. The van der Waals surface area contributed by atoms with E-state index in [1.807, 2.05) is 13.8 Å². The van der Waals surface area contributed by atoms with Crippen molar-refractivity contribution in [2.45, 2.75) is 19.9 Å². The third kappa shape index (κ3) is 3.32. The van der Waals surface area contributed by atoms with Crippen LogP contribution in [0.15, 0.2) is 15.6 Å². The van der Waals surface area contributed by atoms with Crippen LogP contribution in [0.4, 0.5) is 5.82 Å². The van der Waals surface area contributed by atoms with Gasteiger partial charge in [0.1, 0.15) is 10.3 Å². The molecular weight excluding hydrogens is 260 g/mol. The lowest BCUT2D eigenvalue weighted by Gasteiger charge is -2.16. The number of anilines is 1. The SMILES string of the molecule is CC(C)C(N)CNc1nc[nH]c(=O)c1Br. The smallest absolute Gasteiger partial charge is 0.267 e. The Morgan fingerprint density at radius 3 is 2.93 bits per heavy atom. The third-order valence-corrected chi connectivity index (χ3v) is 2.89. The average Bonchev–Trinajstić information content (AvgIpc) is 2.19. The molecule has 0 aliphatic heterocycles. The molecule has 0 aliphatic rings. The molecule has 1 rings (SSSR count). The van der Waals surface area contributed by atoms with E-state index < -0.39 is 0 Å². The highest BCUT2D eigenvalue weighted by Crippen LogP contribution is 2.13. The number of hydrogen-bond donors (Lipinski definition) is 3. The fourth-order valence-corrected chi connectivity index (χ4v) is 1.31. The van der Waals surface area contributed by atoms with Gasteiger partial charge < -0.3 is 16.0 Å². The van der Waals surface area contributed by atoms with Crippen molar-refractivity contribution < 1.29 is 0 Å². The van der Waals surface area contributed by atoms with E-state index in [1.165, 1.54) is 6.33 Å². The number of aromatic nitrogens is 2. The minimum Gasteiger partial charge on any atom is -0.367 e. The molecule has 84 valence electrons. The molecule has 5 nitrogen and oxygen atoms in total. The van der Waals surface area contributed by atoms with Gasteiger partial charge in [0.15, 0.2) is 0 Å². The van der Waals surface area contributed by atoms with E-state index in [0.717, 1.165) is 0 Å². The highest BCUT2D eigenvalue weighted by molar-refractivity contribution is 9.10. The fraction of sp³-hybridized carbons (Fsp3) is 0.556. The van der Waals surface area contributed by atoms with E-state index in [0.29, 0.717) is 22.8 Å². The van der Waals surface area contributed by atoms with Crippen molar-refractivity contribution in [3.05, 3.63) is 21.2 Å². The van der Waals surface area contributed by atoms with Crippen LogP contribution < -0.4 is 16.6 Å². The lowest BCUT2D eigenvalue weighted by atomic mass is 10.1. The van der Waals surface area contributed by atoms with Crippen LogP contribution in [0.2, 0.25) is 0 Å². The van der Waals surface area contributed by atoms with Gasteiger partial charge in [0.05, 0.1) is 6.33 Å². The van der Waals surface area contributed by atoms with Crippen LogP contribution in [0.1, 0.15) is 13.8 Å². The standard InChI is InChI=1S/C9H15BrN4O/c1-5(2)6(11)3-12-8-7(10)9(15)14-4-13-8/h4-6H,3,11H2,1-2H3,(H2,12,13,14,15). The Balaban J connectivity index is 2.66. The van der Waals surface area contributed by atoms with Crippen LogP contribution >= 0.6 is 15.9 Å². The molecule has 1 aromatic rings. The van der Waals surface area contributed by atoms with Gasteiger partial charge in [-0.2, -0.15) is 0 Å². The first-order valence-corrected chi connectivity index (χ1v) is 5.54. The van der Waals surface area contributed by atoms with Crippen LogP contribution in [0, 0.1) is 5.92 Å². The Morgan fingerprint density at radius 1 is 1.67 bits per heavy atom. The topological polar surface area (TPSA) is 83.8 Å². The van der Waals surface area contributed by atoms with Crippen molar-refractivity contribution in [3.8, 4) is 0 Å². The third-order valence-electron chi connectivity index (χ3n) is 2.16. The first-order chi connectivity index (χ1) is 7.02. The zero-order valence-corrected chi connectivity index (χ0v) is 10.3. The molecule has 1 heterocycles. The summed E-state index contributed by atoms with van der Waals surface area (Å²) in [6.07, 6.45) is 1.36. The molecule has 0 spiro atoms. The second-order valence-corrected chi connectivity index (χ2v) is 4.48. The quantitative estimate of drug-likeness (QED) is 0.763. The number of H-pyrrole nitrogens is 1. The molecule has 1 unspecified atom stereocenters. The van der Waals surface area contributed by atoms with Crippen LogP contribution in [0.25, 0.3) is 0 Å². The van der Waals surface area contributed by atoms with Crippen molar-refractivity contribution in [1.82, 2.24) is 9.97 Å². The Kier molecular flexibility index (Phi) is 4.28. The van der Waals surface area contributed by atoms with E-state index in [1.54, 1.807) is 0 Å². The van der Waals surface area contributed by atoms with Gasteiger partial charge in [0.2, 0.25) is 0 Å². The lowest BCUT2D eigenvalue weighted by Crippen LogP contribution is -2.34. The summed E-state index contributed by atoms with van der Waals surface area (Å²) >= 11 is 3.16. The summed E-state index contributed by atoms with van der Waals surface area (Å²) in [5.74, 6) is 0.910. The Labute approximate surface area is 96.6 Å². The van der Waals surface area contributed by atoms with E-state index in [9.17, 15) is 4.79 Å². The van der Waals surface area contributed by atoms with Gasteiger partial charge in [0.25, 0.3) is 5.56 Å². The average molecular weight is 275 g/mol. The van der Waals surface area contributed by atoms with E-state index in [-0.39, 0.29) is 11.6 Å². The molecule has 0 fully saturated rings. The highest BCUT2D eigenvalue weighted by atomic mass is 79.9. The van der Waals surface area contributed by atoms with Gasteiger partial charge in [-0.3, -0.25) is 4.79 Å². The van der Waals surface area contributed by atoms with Crippen molar-refractivity contribution in [2.24, 2.45) is 11.7 Å². The molecule has 0 aromatic carbocycles. The van der Waals surface area contributed by atoms with Crippen LogP contribution in [0.3, 0.4) is 0 Å². The Hall–Kier alpha value is -0.880. The number of halogens is 1. The number of rotatable bonds is 4.